The number of allylic oxidation sites excluding steroid dienone is 1. The van der Waals surface area contributed by atoms with Crippen LogP contribution in [0.15, 0.2) is 94.7 Å². The zero-order chi connectivity index (χ0) is 32.4. The number of nitrogens with two attached hydrogens (primary N) is 1. The van der Waals surface area contributed by atoms with Crippen LogP contribution in [0, 0.1) is 25.2 Å². The number of benzene rings is 4. The highest BCUT2D eigenvalue weighted by atomic mass is 16.5. The number of fused-ring (bicyclic) bond motifs is 2. The van der Waals surface area contributed by atoms with Crippen molar-refractivity contribution < 1.29 is 28.2 Å². The molecule has 5 aromatic rings. The van der Waals surface area contributed by atoms with E-state index in [0.29, 0.717) is 47.2 Å². The van der Waals surface area contributed by atoms with Crippen LogP contribution in [-0.2, 0) is 13.0 Å². The number of ether oxygens (including phenoxy) is 4. The topological polar surface area (TPSA) is 117 Å². The maximum absolute atomic E-state index is 13.2. The maximum Gasteiger partial charge on any atom is 0.379 e. The third-order valence-corrected chi connectivity index (χ3v) is 8.11. The lowest BCUT2D eigenvalue weighted by Gasteiger charge is -2.27. The van der Waals surface area contributed by atoms with Crippen molar-refractivity contribution in [3.05, 3.63) is 129 Å². The van der Waals surface area contributed by atoms with Gasteiger partial charge < -0.3 is 29.1 Å². The third-order valence-electron chi connectivity index (χ3n) is 8.11. The molecule has 1 aliphatic rings. The van der Waals surface area contributed by atoms with Gasteiger partial charge in [0.05, 0.1) is 12.5 Å². The molecule has 0 saturated heterocycles. The van der Waals surface area contributed by atoms with Crippen molar-refractivity contribution >= 4 is 16.9 Å². The predicted octanol–water partition coefficient (Wildman–Crippen LogP) is 8.03. The standard InChI is InChI=1S/C38H34N2O6/c1-5-24-11-15-31-29(17-24)23(4)36(45-31)38(41)44-27-13-14-28-33(19-27)46-37(40)30(20-39)35(28)26-12-16-32(34(18-26)42-6-2)43-21-25-9-7-22(3)8-10-25/h7-19,35H,5-6,21,40H2,1-4H3. The van der Waals surface area contributed by atoms with Gasteiger partial charge in [0.1, 0.15) is 35.3 Å². The molecule has 1 aromatic heterocycles. The van der Waals surface area contributed by atoms with E-state index in [2.05, 4.69) is 13.0 Å². The van der Waals surface area contributed by atoms with Gasteiger partial charge in [-0.05, 0) is 74.2 Å². The molecule has 0 aliphatic carbocycles. The van der Waals surface area contributed by atoms with Gasteiger partial charge >= 0.3 is 5.97 Å². The summed E-state index contributed by atoms with van der Waals surface area (Å²) in [6, 6.07) is 26.9. The molecule has 0 fully saturated rings. The van der Waals surface area contributed by atoms with Gasteiger partial charge in [0.15, 0.2) is 11.5 Å². The zero-order valence-corrected chi connectivity index (χ0v) is 26.2. The second kappa shape index (κ2) is 12.7. The summed E-state index contributed by atoms with van der Waals surface area (Å²) in [5.41, 5.74) is 12.7. The van der Waals surface area contributed by atoms with E-state index < -0.39 is 11.9 Å². The maximum atomic E-state index is 13.2. The number of furan rings is 1. The van der Waals surface area contributed by atoms with Crippen molar-refractivity contribution in [1.29, 1.82) is 5.26 Å². The van der Waals surface area contributed by atoms with E-state index in [1.165, 1.54) is 5.56 Å². The quantitative estimate of drug-likeness (QED) is 0.131. The van der Waals surface area contributed by atoms with Crippen molar-refractivity contribution in [3.8, 4) is 29.1 Å². The Morgan fingerprint density at radius 3 is 2.43 bits per heavy atom. The fourth-order valence-electron chi connectivity index (χ4n) is 5.62. The molecule has 46 heavy (non-hydrogen) atoms. The lowest BCUT2D eigenvalue weighted by Crippen LogP contribution is -2.21. The first-order valence-corrected chi connectivity index (χ1v) is 15.2. The van der Waals surface area contributed by atoms with Crippen molar-refractivity contribution in [2.75, 3.05) is 6.61 Å². The number of aryl methyl sites for hydroxylation is 3. The molecule has 232 valence electrons. The Labute approximate surface area is 267 Å². The summed E-state index contributed by atoms with van der Waals surface area (Å²) >= 11 is 0. The van der Waals surface area contributed by atoms with Gasteiger partial charge in [-0.3, -0.25) is 0 Å². The molecule has 6 rings (SSSR count). The lowest BCUT2D eigenvalue weighted by molar-refractivity contribution is 0.0702. The number of rotatable bonds is 9. The van der Waals surface area contributed by atoms with Gasteiger partial charge in [-0.2, -0.15) is 5.26 Å². The summed E-state index contributed by atoms with van der Waals surface area (Å²) in [4.78, 5) is 13.2. The molecule has 4 aromatic carbocycles. The van der Waals surface area contributed by atoms with E-state index in [-0.39, 0.29) is 23.0 Å². The fourth-order valence-corrected chi connectivity index (χ4v) is 5.62. The van der Waals surface area contributed by atoms with Gasteiger partial charge in [-0.25, -0.2) is 4.79 Å². The van der Waals surface area contributed by atoms with Crippen LogP contribution in [-0.4, -0.2) is 12.6 Å². The largest absolute Gasteiger partial charge is 0.490 e. The van der Waals surface area contributed by atoms with Gasteiger partial charge in [0.25, 0.3) is 0 Å². The van der Waals surface area contributed by atoms with Crippen molar-refractivity contribution in [1.82, 2.24) is 0 Å². The van der Waals surface area contributed by atoms with Crippen LogP contribution in [0.2, 0.25) is 0 Å². The number of nitrogens with zero attached hydrogens (tertiary/aromatic N) is 1. The van der Waals surface area contributed by atoms with Crippen molar-refractivity contribution in [2.24, 2.45) is 5.73 Å². The van der Waals surface area contributed by atoms with E-state index in [0.717, 1.165) is 28.5 Å². The summed E-state index contributed by atoms with van der Waals surface area (Å²) in [5.74, 6) is 0.701. The predicted molar refractivity (Wildman–Crippen MR) is 174 cm³/mol. The van der Waals surface area contributed by atoms with Gasteiger partial charge in [-0.1, -0.05) is 55.0 Å². The highest BCUT2D eigenvalue weighted by molar-refractivity contribution is 5.97. The second-order valence-corrected chi connectivity index (χ2v) is 11.2. The summed E-state index contributed by atoms with van der Waals surface area (Å²) in [5, 5.41) is 11.0. The molecule has 1 atom stereocenters. The summed E-state index contributed by atoms with van der Waals surface area (Å²) in [6.45, 7) is 8.66. The van der Waals surface area contributed by atoms with Gasteiger partial charge in [0, 0.05) is 22.6 Å². The number of carbonyl (C=O) groups is 1. The molecular formula is C38H34N2O6. The Bertz CT molecular complexity index is 2020. The molecule has 8 heteroatoms. The second-order valence-electron chi connectivity index (χ2n) is 11.2. The van der Waals surface area contributed by atoms with Gasteiger partial charge in [0.2, 0.25) is 11.6 Å². The molecule has 2 N–H and O–H groups in total. The average molecular weight is 615 g/mol. The molecular weight excluding hydrogens is 580 g/mol. The van der Waals surface area contributed by atoms with Gasteiger partial charge in [-0.15, -0.1) is 0 Å². The highest BCUT2D eigenvalue weighted by Crippen LogP contribution is 2.45. The Kier molecular flexibility index (Phi) is 8.41. The molecule has 0 saturated carbocycles. The summed E-state index contributed by atoms with van der Waals surface area (Å²) < 4.78 is 29.5. The molecule has 2 heterocycles. The molecule has 0 radical (unpaired) electrons. The van der Waals surface area contributed by atoms with E-state index in [4.69, 9.17) is 29.1 Å². The SMILES string of the molecule is CCOc1cc(C2C(C#N)=C(N)Oc3cc(OC(=O)c4oc5ccc(CC)cc5c4C)ccc32)ccc1OCc1ccc(C)cc1. The first kappa shape index (κ1) is 30.4. The van der Waals surface area contributed by atoms with E-state index >= 15 is 0 Å². The minimum Gasteiger partial charge on any atom is -0.490 e. The van der Waals surface area contributed by atoms with Crippen LogP contribution in [0.4, 0.5) is 0 Å². The van der Waals surface area contributed by atoms with Crippen LogP contribution in [0.1, 0.15) is 63.7 Å². The number of hydrogen-bond donors (Lipinski definition) is 1. The third kappa shape index (κ3) is 5.87. The van der Waals surface area contributed by atoms with E-state index in [1.807, 2.05) is 81.4 Å². The Morgan fingerprint density at radius 1 is 0.913 bits per heavy atom. The molecule has 8 nitrogen and oxygen atoms in total. The summed E-state index contributed by atoms with van der Waals surface area (Å²) in [6.07, 6.45) is 0.875. The number of hydrogen-bond acceptors (Lipinski definition) is 8. The monoisotopic (exact) mass is 614 g/mol. The van der Waals surface area contributed by atoms with Crippen LogP contribution < -0.4 is 24.7 Å². The zero-order valence-electron chi connectivity index (χ0n) is 26.2. The average Bonchev–Trinajstić information content (AvgIpc) is 3.39. The molecule has 0 bridgehead atoms. The Hall–Kier alpha value is -5.68. The minimum atomic E-state index is -0.622. The lowest BCUT2D eigenvalue weighted by atomic mass is 9.83. The van der Waals surface area contributed by atoms with Crippen molar-refractivity contribution in [2.45, 2.75) is 46.6 Å². The highest BCUT2D eigenvalue weighted by Gasteiger charge is 2.32. The van der Waals surface area contributed by atoms with E-state index in [1.54, 1.807) is 18.2 Å². The summed E-state index contributed by atoms with van der Waals surface area (Å²) in [7, 11) is 0. The Balaban J connectivity index is 1.28. The molecule has 0 amide bonds. The number of nitriles is 1. The normalized spacial score (nSPS) is 13.9. The van der Waals surface area contributed by atoms with Crippen LogP contribution in [0.3, 0.4) is 0 Å². The van der Waals surface area contributed by atoms with E-state index in [9.17, 15) is 10.1 Å². The van der Waals surface area contributed by atoms with Crippen molar-refractivity contribution in [3.63, 3.8) is 0 Å². The first-order chi connectivity index (χ1) is 22.3. The minimum absolute atomic E-state index is 0.0269. The molecule has 0 spiro atoms. The van der Waals surface area contributed by atoms with Crippen LogP contribution in [0.5, 0.6) is 23.0 Å². The first-order valence-electron chi connectivity index (χ1n) is 15.2. The molecule has 1 unspecified atom stereocenters. The molecule has 1 aliphatic heterocycles. The Morgan fingerprint density at radius 2 is 1.70 bits per heavy atom. The fraction of sp³-hybridized carbons (Fsp3) is 0.211. The number of esters is 1. The van der Waals surface area contributed by atoms with Crippen LogP contribution in [0.25, 0.3) is 11.0 Å². The number of carbonyl (C=O) groups excluding carboxylic acids is 1. The smallest absolute Gasteiger partial charge is 0.379 e. The van der Waals surface area contributed by atoms with Crippen LogP contribution >= 0.6 is 0 Å².